The molecule has 0 aliphatic rings. The minimum absolute atomic E-state index is 0.108. The Kier molecular flexibility index (Phi) is 3.42. The Hall–Kier alpha value is -3.23. The van der Waals surface area contributed by atoms with Gasteiger partial charge in [0, 0.05) is 5.69 Å². The van der Waals surface area contributed by atoms with Crippen molar-refractivity contribution in [3.05, 3.63) is 50.7 Å². The van der Waals surface area contributed by atoms with Crippen molar-refractivity contribution in [1.29, 1.82) is 0 Å². The Morgan fingerprint density at radius 1 is 1.20 bits per heavy atom. The summed E-state index contributed by atoms with van der Waals surface area (Å²) in [5.74, 6) is -1.57. The van der Waals surface area contributed by atoms with E-state index in [0.717, 1.165) is 0 Å². The van der Waals surface area contributed by atoms with Crippen LogP contribution in [0.15, 0.2) is 44.1 Å². The molecule has 1 amide bonds. The van der Waals surface area contributed by atoms with Crippen molar-refractivity contribution in [3.63, 3.8) is 0 Å². The number of aromatic amines is 2. The van der Waals surface area contributed by atoms with E-state index in [1.165, 1.54) is 12.1 Å². The molecule has 5 N–H and O–H groups in total. The topological polar surface area (TPSA) is 154 Å². The molecule has 0 unspecified atom stereocenters. The minimum atomic E-state index is -0.969. The van der Waals surface area contributed by atoms with Crippen LogP contribution in [0.3, 0.4) is 0 Å². The molecule has 20 heavy (non-hydrogen) atoms. The standard InChI is InChI=1S/C11H9N5O4/c12-6-4-2-1-3-5(6)8(17)16-15-7-9(18)13-11(20)14-10(7)19/h1-4H,12H2,(H3,13,14,18,19,20). The molecule has 2 aromatic rings. The van der Waals surface area contributed by atoms with Gasteiger partial charge in [-0.1, -0.05) is 12.1 Å². The van der Waals surface area contributed by atoms with Crippen LogP contribution in [-0.2, 0) is 0 Å². The Morgan fingerprint density at radius 2 is 1.90 bits per heavy atom. The Bertz CT molecular complexity index is 805. The van der Waals surface area contributed by atoms with Gasteiger partial charge in [-0.15, -0.1) is 10.2 Å². The van der Waals surface area contributed by atoms with Gasteiger partial charge in [-0.2, -0.15) is 0 Å². The average Bonchev–Trinajstić information content (AvgIpc) is 2.37. The molecule has 2 rings (SSSR count). The molecular weight excluding hydrogens is 266 g/mol. The van der Waals surface area contributed by atoms with Crippen molar-refractivity contribution >= 4 is 17.3 Å². The third kappa shape index (κ3) is 2.61. The molecule has 102 valence electrons. The van der Waals surface area contributed by atoms with E-state index in [-0.39, 0.29) is 11.3 Å². The number of aromatic nitrogens is 2. The summed E-state index contributed by atoms with van der Waals surface area (Å²) >= 11 is 0. The van der Waals surface area contributed by atoms with Gasteiger partial charge in [-0.05, 0) is 12.1 Å². The van der Waals surface area contributed by atoms with Gasteiger partial charge in [0.25, 0.3) is 11.5 Å². The number of nitrogens with zero attached hydrogens (tertiary/aromatic N) is 2. The van der Waals surface area contributed by atoms with E-state index in [2.05, 4.69) is 10.2 Å². The molecular formula is C11H9N5O4. The minimum Gasteiger partial charge on any atom is -0.493 e. The molecule has 0 saturated heterocycles. The number of anilines is 1. The van der Waals surface area contributed by atoms with Crippen molar-refractivity contribution in [2.45, 2.75) is 0 Å². The quantitative estimate of drug-likeness (QED) is 0.457. The SMILES string of the molecule is Nc1ccccc1C(=O)N=Nc1c(O)[nH]c(=O)[nH]c1=O. The zero-order valence-corrected chi connectivity index (χ0v) is 9.95. The van der Waals surface area contributed by atoms with Crippen LogP contribution in [0.1, 0.15) is 10.4 Å². The lowest BCUT2D eigenvalue weighted by Crippen LogP contribution is -2.21. The van der Waals surface area contributed by atoms with Gasteiger partial charge in [0.15, 0.2) is 0 Å². The largest absolute Gasteiger partial charge is 0.493 e. The number of aromatic hydroxyl groups is 1. The normalized spacial score (nSPS) is 10.8. The van der Waals surface area contributed by atoms with E-state index in [0.29, 0.717) is 0 Å². The Morgan fingerprint density at radius 3 is 2.55 bits per heavy atom. The lowest BCUT2D eigenvalue weighted by molar-refractivity contribution is 0.0996. The number of H-pyrrole nitrogens is 2. The third-order valence-corrected chi connectivity index (χ3v) is 2.33. The second-order valence-electron chi connectivity index (χ2n) is 3.70. The van der Waals surface area contributed by atoms with Crippen LogP contribution in [0.25, 0.3) is 0 Å². The highest BCUT2D eigenvalue weighted by Gasteiger charge is 2.11. The molecule has 1 aromatic heterocycles. The summed E-state index contributed by atoms with van der Waals surface area (Å²) in [4.78, 5) is 37.7. The van der Waals surface area contributed by atoms with E-state index >= 15 is 0 Å². The first-order valence-electron chi connectivity index (χ1n) is 5.35. The molecule has 0 bridgehead atoms. The molecule has 1 aromatic carbocycles. The van der Waals surface area contributed by atoms with Crippen LogP contribution in [0.4, 0.5) is 11.4 Å². The number of nitrogen functional groups attached to an aromatic ring is 1. The Labute approximate surface area is 110 Å². The van der Waals surface area contributed by atoms with Crippen LogP contribution in [0, 0.1) is 0 Å². The number of amides is 1. The van der Waals surface area contributed by atoms with E-state index in [9.17, 15) is 19.5 Å². The van der Waals surface area contributed by atoms with Crippen LogP contribution in [0.5, 0.6) is 5.88 Å². The smallest absolute Gasteiger partial charge is 0.328 e. The number of nitrogens with one attached hydrogen (secondary N) is 2. The first-order valence-corrected chi connectivity index (χ1v) is 5.35. The number of rotatable bonds is 2. The second-order valence-corrected chi connectivity index (χ2v) is 3.70. The summed E-state index contributed by atoms with van der Waals surface area (Å²) in [5, 5.41) is 15.9. The van der Waals surface area contributed by atoms with Crippen LogP contribution in [-0.4, -0.2) is 21.0 Å². The molecule has 0 spiro atoms. The zero-order valence-electron chi connectivity index (χ0n) is 9.95. The van der Waals surface area contributed by atoms with Crippen LogP contribution < -0.4 is 17.0 Å². The molecule has 0 fully saturated rings. The van der Waals surface area contributed by atoms with Crippen molar-refractivity contribution in [2.24, 2.45) is 10.2 Å². The van der Waals surface area contributed by atoms with E-state index in [1.807, 2.05) is 9.97 Å². The highest BCUT2D eigenvalue weighted by Crippen LogP contribution is 2.17. The summed E-state index contributed by atoms with van der Waals surface area (Å²) < 4.78 is 0. The van der Waals surface area contributed by atoms with Gasteiger partial charge in [-0.25, -0.2) is 4.79 Å². The predicted octanol–water partition coefficient (Wildman–Crippen LogP) is 0.275. The molecule has 0 aliphatic heterocycles. The summed E-state index contributed by atoms with van der Waals surface area (Å²) in [5.41, 5.74) is 3.45. The fourth-order valence-corrected chi connectivity index (χ4v) is 1.40. The molecule has 0 radical (unpaired) electrons. The van der Waals surface area contributed by atoms with Crippen molar-refractivity contribution in [3.8, 4) is 5.88 Å². The van der Waals surface area contributed by atoms with E-state index in [1.54, 1.807) is 12.1 Å². The van der Waals surface area contributed by atoms with Crippen LogP contribution in [0.2, 0.25) is 0 Å². The highest BCUT2D eigenvalue weighted by molar-refractivity contribution is 5.99. The lowest BCUT2D eigenvalue weighted by atomic mass is 10.2. The summed E-state index contributed by atoms with van der Waals surface area (Å²) in [6, 6.07) is 6.17. The number of hydrogen-bond donors (Lipinski definition) is 4. The number of carbonyl (C=O) groups excluding carboxylic acids is 1. The van der Waals surface area contributed by atoms with Gasteiger partial charge < -0.3 is 10.8 Å². The highest BCUT2D eigenvalue weighted by atomic mass is 16.3. The van der Waals surface area contributed by atoms with E-state index < -0.39 is 28.7 Å². The fourth-order valence-electron chi connectivity index (χ4n) is 1.40. The number of benzene rings is 1. The average molecular weight is 275 g/mol. The van der Waals surface area contributed by atoms with E-state index in [4.69, 9.17) is 5.73 Å². The number of hydrogen-bond acceptors (Lipinski definition) is 6. The van der Waals surface area contributed by atoms with Gasteiger partial charge in [0.1, 0.15) is 0 Å². The van der Waals surface area contributed by atoms with Gasteiger partial charge in [0.2, 0.25) is 11.6 Å². The number of para-hydroxylation sites is 1. The second kappa shape index (κ2) is 5.18. The molecule has 9 heteroatoms. The summed E-state index contributed by atoms with van der Waals surface area (Å²) in [6.45, 7) is 0. The molecule has 0 aliphatic carbocycles. The van der Waals surface area contributed by atoms with Crippen LogP contribution >= 0.6 is 0 Å². The number of carbonyl (C=O) groups is 1. The molecule has 1 heterocycles. The first kappa shape index (κ1) is 13.2. The molecule has 9 nitrogen and oxygen atoms in total. The molecule has 0 atom stereocenters. The fraction of sp³-hybridized carbons (Fsp3) is 0. The third-order valence-electron chi connectivity index (χ3n) is 2.33. The summed E-state index contributed by atoms with van der Waals surface area (Å²) in [6.07, 6.45) is 0. The lowest BCUT2D eigenvalue weighted by Gasteiger charge is -1.99. The van der Waals surface area contributed by atoms with Crippen molar-refractivity contribution < 1.29 is 9.90 Å². The van der Waals surface area contributed by atoms with Gasteiger partial charge in [0.05, 0.1) is 5.56 Å². The maximum absolute atomic E-state index is 11.7. The Balaban J connectivity index is 2.36. The van der Waals surface area contributed by atoms with Crippen molar-refractivity contribution in [1.82, 2.24) is 9.97 Å². The molecule has 0 saturated carbocycles. The number of azo groups is 1. The maximum atomic E-state index is 11.7. The monoisotopic (exact) mass is 275 g/mol. The zero-order chi connectivity index (χ0) is 14.7. The van der Waals surface area contributed by atoms with Gasteiger partial charge in [-0.3, -0.25) is 19.6 Å². The van der Waals surface area contributed by atoms with Crippen molar-refractivity contribution in [2.75, 3.05) is 5.73 Å². The van der Waals surface area contributed by atoms with Gasteiger partial charge >= 0.3 is 5.69 Å². The number of nitrogens with two attached hydrogens (primary N) is 1. The maximum Gasteiger partial charge on any atom is 0.328 e. The predicted molar refractivity (Wildman–Crippen MR) is 69.0 cm³/mol. The first-order chi connectivity index (χ1) is 9.49. The summed E-state index contributed by atoms with van der Waals surface area (Å²) in [7, 11) is 0.